The minimum atomic E-state index is -0.332. The number of unbranched alkanes of at least 4 members (excludes halogenated alkanes) is 24. The lowest BCUT2D eigenvalue weighted by molar-refractivity contribution is 0.0498. The SMILES string of the molecule is CCCCCCCCC=CCCCCCCCCOC(=O)c1ccccc1-c1c2ccc(=O)cc-2oc2cc(OCCCCCCCC/C=C\CCCCCCCC)ccc12. The van der Waals surface area contributed by atoms with E-state index in [1.807, 2.05) is 42.5 Å². The molecule has 0 amide bonds. The van der Waals surface area contributed by atoms with Gasteiger partial charge < -0.3 is 13.9 Å². The number of benzene rings is 3. The number of carbonyl (C=O) groups excluding carboxylic acids is 1. The van der Waals surface area contributed by atoms with Crippen molar-refractivity contribution < 1.29 is 18.7 Å². The molecule has 0 atom stereocenters. The van der Waals surface area contributed by atoms with Gasteiger partial charge in [-0.15, -0.1) is 0 Å². The van der Waals surface area contributed by atoms with E-state index < -0.39 is 0 Å². The topological polar surface area (TPSA) is 65.7 Å². The van der Waals surface area contributed by atoms with Crippen LogP contribution in [-0.4, -0.2) is 19.2 Å². The maximum absolute atomic E-state index is 13.6. The molecule has 0 bridgehead atoms. The normalized spacial score (nSPS) is 11.8. The molecule has 2 aromatic rings. The summed E-state index contributed by atoms with van der Waals surface area (Å²) in [7, 11) is 0. The van der Waals surface area contributed by atoms with Crippen molar-refractivity contribution in [3.8, 4) is 28.2 Å². The molecule has 0 unspecified atom stereocenters. The Morgan fingerprint density at radius 3 is 1.61 bits per heavy atom. The number of esters is 1. The smallest absolute Gasteiger partial charge is 0.338 e. The molecule has 4 rings (SSSR count). The van der Waals surface area contributed by atoms with E-state index in [-0.39, 0.29) is 11.4 Å². The zero-order valence-corrected chi connectivity index (χ0v) is 38.3. The van der Waals surface area contributed by atoms with Crippen LogP contribution in [-0.2, 0) is 4.74 Å². The van der Waals surface area contributed by atoms with E-state index in [9.17, 15) is 9.59 Å². The summed E-state index contributed by atoms with van der Waals surface area (Å²) in [6.45, 7) is 5.59. The Labute approximate surface area is 370 Å². The molecule has 2 aromatic carbocycles. The van der Waals surface area contributed by atoms with Crippen molar-refractivity contribution in [2.45, 2.75) is 194 Å². The average Bonchev–Trinajstić information content (AvgIpc) is 3.27. The van der Waals surface area contributed by atoms with Crippen LogP contribution < -0.4 is 10.2 Å². The van der Waals surface area contributed by atoms with E-state index >= 15 is 0 Å². The van der Waals surface area contributed by atoms with Gasteiger partial charge in [0, 0.05) is 28.6 Å². The lowest BCUT2D eigenvalue weighted by Gasteiger charge is -2.18. The Bertz CT molecular complexity index is 1850. The standard InChI is InChI=1S/C56H80O5/c1-3-5-7-9-11-13-15-17-19-21-23-25-27-29-31-35-43-59-48-40-42-52-54(46-48)61-53-45-47(57)39-41-51(53)55(52)49-37-33-34-38-50(49)56(58)60-44-36-32-30-28-26-24-22-20-18-16-14-12-10-8-6-4-2/h17-20,33-34,37-42,45-46H,3-16,21-32,35-36,43-44H2,1-2H3/b19-17-,20-18?. The third-order valence-corrected chi connectivity index (χ3v) is 11.9. The molecular formula is C56H80O5. The number of ether oxygens (including phenoxy) is 2. The van der Waals surface area contributed by atoms with Crippen molar-refractivity contribution in [3.05, 3.63) is 101 Å². The van der Waals surface area contributed by atoms with E-state index in [2.05, 4.69) is 38.2 Å². The van der Waals surface area contributed by atoms with E-state index in [0.29, 0.717) is 30.1 Å². The molecular weight excluding hydrogens is 753 g/mol. The summed E-state index contributed by atoms with van der Waals surface area (Å²) in [6.07, 6.45) is 44.7. The minimum Gasteiger partial charge on any atom is -0.493 e. The van der Waals surface area contributed by atoms with Gasteiger partial charge in [0.15, 0.2) is 5.43 Å². The zero-order chi connectivity index (χ0) is 43.0. The molecule has 334 valence electrons. The van der Waals surface area contributed by atoms with Crippen molar-refractivity contribution in [2.24, 2.45) is 0 Å². The molecule has 0 aromatic heterocycles. The first-order valence-electron chi connectivity index (χ1n) is 24.8. The van der Waals surface area contributed by atoms with Crippen LogP contribution in [0.25, 0.3) is 33.4 Å². The summed E-state index contributed by atoms with van der Waals surface area (Å²) < 4.78 is 18.4. The third-order valence-electron chi connectivity index (χ3n) is 11.9. The van der Waals surface area contributed by atoms with E-state index in [4.69, 9.17) is 13.9 Å². The fourth-order valence-corrected chi connectivity index (χ4v) is 8.24. The van der Waals surface area contributed by atoms with Gasteiger partial charge in [0.25, 0.3) is 0 Å². The van der Waals surface area contributed by atoms with E-state index in [0.717, 1.165) is 59.9 Å². The van der Waals surface area contributed by atoms with E-state index in [1.54, 1.807) is 12.1 Å². The predicted octanol–water partition coefficient (Wildman–Crippen LogP) is 17.2. The van der Waals surface area contributed by atoms with E-state index in [1.165, 1.54) is 154 Å². The van der Waals surface area contributed by atoms with Gasteiger partial charge in [-0.25, -0.2) is 4.79 Å². The number of fused-ring (bicyclic) bond motifs is 2. The monoisotopic (exact) mass is 833 g/mol. The first-order chi connectivity index (χ1) is 30.1. The lowest BCUT2D eigenvalue weighted by atomic mass is 9.91. The zero-order valence-electron chi connectivity index (χ0n) is 38.3. The Balaban J connectivity index is 1.19. The number of carbonyl (C=O) groups is 1. The molecule has 5 nitrogen and oxygen atoms in total. The Morgan fingerprint density at radius 2 is 1.03 bits per heavy atom. The minimum absolute atomic E-state index is 0.128. The fraction of sp³-hybridized carbons (Fsp3) is 0.571. The second kappa shape index (κ2) is 31.7. The molecule has 2 aliphatic rings. The summed E-state index contributed by atoms with van der Waals surface area (Å²) in [6, 6.07) is 18.4. The molecule has 0 N–H and O–H groups in total. The van der Waals surface area contributed by atoms with Crippen LogP contribution in [0.3, 0.4) is 0 Å². The highest BCUT2D eigenvalue weighted by Gasteiger charge is 2.22. The van der Waals surface area contributed by atoms with Crippen LogP contribution in [0.15, 0.2) is 94.2 Å². The highest BCUT2D eigenvalue weighted by atomic mass is 16.5. The molecule has 1 aliphatic carbocycles. The highest BCUT2D eigenvalue weighted by molar-refractivity contribution is 6.07. The van der Waals surface area contributed by atoms with Crippen LogP contribution in [0.1, 0.15) is 204 Å². The highest BCUT2D eigenvalue weighted by Crippen LogP contribution is 2.42. The van der Waals surface area contributed by atoms with Gasteiger partial charge in [-0.05, 0) is 100 Å². The van der Waals surface area contributed by atoms with Gasteiger partial charge in [0.05, 0.1) is 18.8 Å². The molecule has 0 radical (unpaired) electrons. The van der Waals surface area contributed by atoms with Crippen molar-refractivity contribution in [3.63, 3.8) is 0 Å². The van der Waals surface area contributed by atoms with Gasteiger partial charge in [0.2, 0.25) is 0 Å². The first-order valence-corrected chi connectivity index (χ1v) is 24.8. The molecule has 1 aliphatic heterocycles. The van der Waals surface area contributed by atoms with Crippen LogP contribution in [0.4, 0.5) is 0 Å². The number of hydrogen-bond donors (Lipinski definition) is 0. The first kappa shape index (κ1) is 49.5. The molecule has 0 fully saturated rings. The lowest BCUT2D eigenvalue weighted by Crippen LogP contribution is -2.09. The maximum atomic E-state index is 13.6. The van der Waals surface area contributed by atoms with Gasteiger partial charge in [-0.3, -0.25) is 4.79 Å². The largest absolute Gasteiger partial charge is 0.493 e. The van der Waals surface area contributed by atoms with Crippen LogP contribution >= 0.6 is 0 Å². The molecule has 0 spiro atoms. The average molecular weight is 833 g/mol. The molecule has 0 saturated heterocycles. The quantitative estimate of drug-likeness (QED) is 0.0200. The molecule has 0 saturated carbocycles. The van der Waals surface area contributed by atoms with Crippen molar-refractivity contribution in [1.82, 2.24) is 0 Å². The number of rotatable bonds is 35. The second-order valence-corrected chi connectivity index (χ2v) is 17.2. The van der Waals surface area contributed by atoms with Crippen molar-refractivity contribution >= 4 is 16.9 Å². The Morgan fingerprint density at radius 1 is 0.525 bits per heavy atom. The molecule has 1 heterocycles. The maximum Gasteiger partial charge on any atom is 0.338 e. The van der Waals surface area contributed by atoms with Gasteiger partial charge >= 0.3 is 5.97 Å². The summed E-state index contributed by atoms with van der Waals surface area (Å²) in [5.74, 6) is 0.880. The second-order valence-electron chi connectivity index (χ2n) is 17.2. The summed E-state index contributed by atoms with van der Waals surface area (Å²) in [5, 5.41) is 0.851. The van der Waals surface area contributed by atoms with Gasteiger partial charge in [-0.2, -0.15) is 0 Å². The number of hydrogen-bond acceptors (Lipinski definition) is 5. The molecule has 5 heteroatoms. The van der Waals surface area contributed by atoms with Gasteiger partial charge in [-0.1, -0.05) is 172 Å². The summed E-state index contributed by atoms with van der Waals surface area (Å²) in [5.41, 5.74) is 3.37. The predicted molar refractivity (Wildman–Crippen MR) is 259 cm³/mol. The fourth-order valence-electron chi connectivity index (χ4n) is 8.24. The van der Waals surface area contributed by atoms with Crippen LogP contribution in [0, 0.1) is 0 Å². The Kier molecular flexibility index (Phi) is 25.7. The van der Waals surface area contributed by atoms with Gasteiger partial charge in [0.1, 0.15) is 17.1 Å². The van der Waals surface area contributed by atoms with Crippen molar-refractivity contribution in [2.75, 3.05) is 13.2 Å². The molecule has 61 heavy (non-hydrogen) atoms. The van der Waals surface area contributed by atoms with Crippen LogP contribution in [0.2, 0.25) is 0 Å². The summed E-state index contributed by atoms with van der Waals surface area (Å²) in [4.78, 5) is 26.1. The summed E-state index contributed by atoms with van der Waals surface area (Å²) >= 11 is 0. The Hall–Kier alpha value is -4.12. The van der Waals surface area contributed by atoms with Crippen molar-refractivity contribution in [1.29, 1.82) is 0 Å². The van der Waals surface area contributed by atoms with Crippen LogP contribution in [0.5, 0.6) is 5.75 Å². The third kappa shape index (κ3) is 19.6. The number of allylic oxidation sites excluding steroid dienone is 4.